The molecule has 142 valence electrons. The van der Waals surface area contributed by atoms with Gasteiger partial charge in [-0.05, 0) is 48.9 Å². The minimum atomic E-state index is -0.463. The lowest BCUT2D eigenvalue weighted by Crippen LogP contribution is -2.33. The molecule has 1 saturated heterocycles. The zero-order valence-corrected chi connectivity index (χ0v) is 15.6. The monoisotopic (exact) mass is 391 g/mol. The minimum absolute atomic E-state index is 0.146. The van der Waals surface area contributed by atoms with Crippen LogP contribution >= 0.6 is 11.8 Å². The van der Waals surface area contributed by atoms with Crippen LogP contribution in [-0.4, -0.2) is 42.7 Å². The van der Waals surface area contributed by atoms with Crippen molar-refractivity contribution in [1.82, 2.24) is 4.90 Å². The second-order valence-electron chi connectivity index (χ2n) is 6.18. The summed E-state index contributed by atoms with van der Waals surface area (Å²) in [5.41, 5.74) is 1.20. The molecule has 0 radical (unpaired) electrons. The van der Waals surface area contributed by atoms with Gasteiger partial charge in [-0.15, -0.1) is 0 Å². The first-order valence-corrected chi connectivity index (χ1v) is 9.58. The van der Waals surface area contributed by atoms with Gasteiger partial charge in [0, 0.05) is 35.2 Å². The van der Waals surface area contributed by atoms with E-state index in [9.17, 15) is 18.4 Å². The summed E-state index contributed by atoms with van der Waals surface area (Å²) in [6.07, 6.45) is 0.539. The molecule has 1 amide bonds. The van der Waals surface area contributed by atoms with Crippen LogP contribution in [0.4, 0.5) is 8.78 Å². The minimum Gasteiger partial charge on any atom is -0.465 e. The van der Waals surface area contributed by atoms with E-state index < -0.39 is 17.6 Å². The first kappa shape index (κ1) is 19.4. The van der Waals surface area contributed by atoms with Gasteiger partial charge in [-0.2, -0.15) is 11.8 Å². The Bertz CT molecular complexity index is 842. The summed E-state index contributed by atoms with van der Waals surface area (Å²) in [5.74, 6) is -0.860. The van der Waals surface area contributed by atoms with Crippen LogP contribution in [-0.2, 0) is 4.74 Å². The van der Waals surface area contributed by atoms with Gasteiger partial charge in [0.1, 0.15) is 11.6 Å². The predicted octanol–water partition coefficient (Wildman–Crippen LogP) is 4.07. The first-order chi connectivity index (χ1) is 13.0. The zero-order chi connectivity index (χ0) is 19.4. The SMILES string of the molecule is COC(=O)c1ccc(C(=O)N2CCS[C@@H](c3cc(F)ccc3F)CC2)cc1. The Hall–Kier alpha value is -2.41. The molecule has 1 aliphatic heterocycles. The third kappa shape index (κ3) is 4.47. The van der Waals surface area contributed by atoms with Crippen LogP contribution in [0.15, 0.2) is 42.5 Å². The van der Waals surface area contributed by atoms with E-state index in [1.165, 1.54) is 24.9 Å². The van der Waals surface area contributed by atoms with Crippen molar-refractivity contribution >= 4 is 23.6 Å². The van der Waals surface area contributed by atoms with Crippen molar-refractivity contribution in [2.45, 2.75) is 11.7 Å². The largest absolute Gasteiger partial charge is 0.465 e. The summed E-state index contributed by atoms with van der Waals surface area (Å²) < 4.78 is 32.2. The maximum Gasteiger partial charge on any atom is 0.337 e. The van der Waals surface area contributed by atoms with Gasteiger partial charge in [-0.3, -0.25) is 4.79 Å². The van der Waals surface area contributed by atoms with Gasteiger partial charge >= 0.3 is 5.97 Å². The highest BCUT2D eigenvalue weighted by atomic mass is 32.2. The number of hydrogen-bond acceptors (Lipinski definition) is 4. The molecule has 2 aromatic rings. The molecule has 1 aliphatic rings. The lowest BCUT2D eigenvalue weighted by atomic mass is 10.1. The first-order valence-electron chi connectivity index (χ1n) is 8.54. The second-order valence-corrected chi connectivity index (χ2v) is 7.49. The smallest absolute Gasteiger partial charge is 0.337 e. The van der Waals surface area contributed by atoms with E-state index in [0.717, 1.165) is 12.1 Å². The number of amides is 1. The van der Waals surface area contributed by atoms with Gasteiger partial charge in [0.25, 0.3) is 5.91 Å². The molecule has 0 aliphatic carbocycles. The number of hydrogen-bond donors (Lipinski definition) is 0. The maximum atomic E-state index is 14.0. The molecular formula is C20H19F2NO3S. The molecule has 2 aromatic carbocycles. The van der Waals surface area contributed by atoms with Gasteiger partial charge in [-0.1, -0.05) is 0 Å². The van der Waals surface area contributed by atoms with E-state index in [1.54, 1.807) is 29.2 Å². The Morgan fingerprint density at radius 2 is 1.78 bits per heavy atom. The molecule has 0 unspecified atom stereocenters. The average Bonchev–Trinajstić information content (AvgIpc) is 2.95. The van der Waals surface area contributed by atoms with Crippen molar-refractivity contribution in [3.63, 3.8) is 0 Å². The Morgan fingerprint density at radius 1 is 1.07 bits per heavy atom. The van der Waals surface area contributed by atoms with Crippen molar-refractivity contribution < 1.29 is 23.1 Å². The number of ether oxygens (including phenoxy) is 1. The highest BCUT2D eigenvalue weighted by molar-refractivity contribution is 7.99. The number of carbonyl (C=O) groups excluding carboxylic acids is 2. The summed E-state index contributed by atoms with van der Waals surface area (Å²) in [6, 6.07) is 9.77. The Kier molecular flexibility index (Phi) is 6.11. The number of methoxy groups -OCH3 is 1. The molecule has 1 atom stereocenters. The van der Waals surface area contributed by atoms with Crippen LogP contribution in [0.3, 0.4) is 0 Å². The van der Waals surface area contributed by atoms with Gasteiger partial charge in [-0.25, -0.2) is 13.6 Å². The van der Waals surface area contributed by atoms with E-state index >= 15 is 0 Å². The summed E-state index contributed by atoms with van der Waals surface area (Å²) >= 11 is 1.52. The number of halogens is 2. The zero-order valence-electron chi connectivity index (χ0n) is 14.8. The highest BCUT2D eigenvalue weighted by Crippen LogP contribution is 2.36. The van der Waals surface area contributed by atoms with E-state index in [4.69, 9.17) is 0 Å². The molecule has 0 bridgehead atoms. The normalized spacial score (nSPS) is 17.3. The molecule has 3 rings (SSSR count). The predicted molar refractivity (Wildman–Crippen MR) is 99.9 cm³/mol. The maximum absolute atomic E-state index is 14.0. The van der Waals surface area contributed by atoms with Crippen molar-refractivity contribution in [2.75, 3.05) is 26.0 Å². The van der Waals surface area contributed by atoms with Crippen LogP contribution < -0.4 is 0 Å². The number of thioether (sulfide) groups is 1. The fourth-order valence-corrected chi connectivity index (χ4v) is 4.27. The van der Waals surface area contributed by atoms with Gasteiger partial charge in [0.15, 0.2) is 0 Å². The lowest BCUT2D eigenvalue weighted by molar-refractivity contribution is 0.0599. The fraction of sp³-hybridized carbons (Fsp3) is 0.300. The Labute approximate surface area is 160 Å². The quantitative estimate of drug-likeness (QED) is 0.740. The topological polar surface area (TPSA) is 46.6 Å². The van der Waals surface area contributed by atoms with Crippen LogP contribution in [0.2, 0.25) is 0 Å². The van der Waals surface area contributed by atoms with E-state index in [1.807, 2.05) is 0 Å². The lowest BCUT2D eigenvalue weighted by Gasteiger charge is -2.20. The third-order valence-electron chi connectivity index (χ3n) is 4.49. The fourth-order valence-electron chi connectivity index (χ4n) is 3.03. The van der Waals surface area contributed by atoms with Crippen LogP contribution in [0.25, 0.3) is 0 Å². The molecule has 1 heterocycles. The Balaban J connectivity index is 1.69. The van der Waals surface area contributed by atoms with Gasteiger partial charge < -0.3 is 9.64 Å². The highest BCUT2D eigenvalue weighted by Gasteiger charge is 2.25. The summed E-state index contributed by atoms with van der Waals surface area (Å²) in [5, 5.41) is -0.194. The summed E-state index contributed by atoms with van der Waals surface area (Å²) in [7, 11) is 1.30. The van der Waals surface area contributed by atoms with Crippen LogP contribution in [0.5, 0.6) is 0 Å². The molecular weight excluding hydrogens is 372 g/mol. The molecule has 27 heavy (non-hydrogen) atoms. The van der Waals surface area contributed by atoms with Crippen molar-refractivity contribution in [1.29, 1.82) is 0 Å². The molecule has 0 aromatic heterocycles. The number of benzene rings is 2. The van der Waals surface area contributed by atoms with E-state index in [2.05, 4.69) is 4.74 Å². The standard InChI is InChI=1S/C20H19F2NO3S/c1-26-20(25)14-4-2-13(3-5-14)19(24)23-9-8-18(27-11-10-23)16-12-15(21)6-7-17(16)22/h2-7,12,18H,8-11H2,1H3/t18-/m1/s1. The van der Waals surface area contributed by atoms with Gasteiger partial charge in [0.05, 0.1) is 12.7 Å². The average molecular weight is 391 g/mol. The molecule has 0 saturated carbocycles. The van der Waals surface area contributed by atoms with Crippen molar-refractivity contribution in [3.05, 3.63) is 70.8 Å². The summed E-state index contributed by atoms with van der Waals surface area (Å²) in [6.45, 7) is 0.973. The van der Waals surface area contributed by atoms with Crippen molar-refractivity contribution in [3.8, 4) is 0 Å². The summed E-state index contributed by atoms with van der Waals surface area (Å²) in [4.78, 5) is 25.9. The Morgan fingerprint density at radius 3 is 2.48 bits per heavy atom. The number of esters is 1. The third-order valence-corrected chi connectivity index (χ3v) is 5.80. The molecule has 4 nitrogen and oxygen atoms in total. The van der Waals surface area contributed by atoms with Crippen LogP contribution in [0, 0.1) is 11.6 Å². The molecule has 7 heteroatoms. The molecule has 0 N–H and O–H groups in total. The van der Waals surface area contributed by atoms with E-state index in [0.29, 0.717) is 42.0 Å². The van der Waals surface area contributed by atoms with Crippen LogP contribution in [0.1, 0.15) is 38.0 Å². The molecule has 0 spiro atoms. The number of carbonyl (C=O) groups is 2. The number of nitrogens with zero attached hydrogens (tertiary/aromatic N) is 1. The van der Waals surface area contributed by atoms with Gasteiger partial charge in [0.2, 0.25) is 0 Å². The number of rotatable bonds is 3. The second kappa shape index (κ2) is 8.52. The van der Waals surface area contributed by atoms with Crippen molar-refractivity contribution in [2.24, 2.45) is 0 Å². The molecule has 1 fully saturated rings. The van der Waals surface area contributed by atoms with E-state index in [-0.39, 0.29) is 11.2 Å².